The molecule has 0 aliphatic rings. The highest BCUT2D eigenvalue weighted by atomic mass is 79.9. The third kappa shape index (κ3) is 3.46. The molecule has 0 saturated carbocycles. The third-order valence-corrected chi connectivity index (χ3v) is 4.65. The molecule has 0 unspecified atom stereocenters. The summed E-state index contributed by atoms with van der Waals surface area (Å²) >= 11 is 3.60. The fourth-order valence-electron chi connectivity index (χ4n) is 2.67. The SMILES string of the molecule is COc1cc(Br)c(CCNc2ccnc3ccccc23)cc1OC. The number of ether oxygens (including phenoxy) is 2. The smallest absolute Gasteiger partial charge is 0.161 e. The van der Waals surface area contributed by atoms with Crippen LogP contribution < -0.4 is 14.8 Å². The molecule has 3 rings (SSSR count). The van der Waals surface area contributed by atoms with Gasteiger partial charge in [-0.25, -0.2) is 0 Å². The topological polar surface area (TPSA) is 43.4 Å². The van der Waals surface area contributed by atoms with E-state index in [4.69, 9.17) is 9.47 Å². The van der Waals surface area contributed by atoms with Crippen LogP contribution in [0.3, 0.4) is 0 Å². The number of aromatic nitrogens is 1. The molecule has 0 atom stereocenters. The number of nitrogens with one attached hydrogen (secondary N) is 1. The van der Waals surface area contributed by atoms with Gasteiger partial charge >= 0.3 is 0 Å². The van der Waals surface area contributed by atoms with Crippen molar-refractivity contribution in [1.29, 1.82) is 0 Å². The zero-order chi connectivity index (χ0) is 16.9. The Morgan fingerprint density at radius 3 is 2.58 bits per heavy atom. The summed E-state index contributed by atoms with van der Waals surface area (Å²) in [4.78, 5) is 4.39. The molecule has 1 N–H and O–H groups in total. The number of methoxy groups -OCH3 is 2. The number of pyridine rings is 1. The number of benzene rings is 2. The second-order valence-electron chi connectivity index (χ2n) is 5.35. The van der Waals surface area contributed by atoms with Gasteiger partial charge in [-0.2, -0.15) is 0 Å². The highest BCUT2D eigenvalue weighted by Gasteiger charge is 2.09. The lowest BCUT2D eigenvalue weighted by atomic mass is 10.1. The number of rotatable bonds is 6. The summed E-state index contributed by atoms with van der Waals surface area (Å²) in [6.45, 7) is 0.808. The van der Waals surface area contributed by atoms with Crippen molar-refractivity contribution >= 4 is 32.5 Å². The molecule has 0 saturated heterocycles. The summed E-state index contributed by atoms with van der Waals surface area (Å²) in [6, 6.07) is 14.1. The van der Waals surface area contributed by atoms with E-state index >= 15 is 0 Å². The lowest BCUT2D eigenvalue weighted by Crippen LogP contribution is -2.06. The minimum atomic E-state index is 0.723. The second-order valence-corrected chi connectivity index (χ2v) is 6.21. The average molecular weight is 387 g/mol. The van der Waals surface area contributed by atoms with E-state index in [-0.39, 0.29) is 0 Å². The van der Waals surface area contributed by atoms with Gasteiger partial charge in [0.05, 0.1) is 19.7 Å². The van der Waals surface area contributed by atoms with Crippen molar-refractivity contribution in [2.24, 2.45) is 0 Å². The van der Waals surface area contributed by atoms with Crippen molar-refractivity contribution in [3.63, 3.8) is 0 Å². The highest BCUT2D eigenvalue weighted by molar-refractivity contribution is 9.10. The second kappa shape index (κ2) is 7.53. The molecule has 0 amide bonds. The molecule has 1 heterocycles. The molecule has 0 spiro atoms. The molecule has 2 aromatic carbocycles. The zero-order valence-corrected chi connectivity index (χ0v) is 15.3. The number of halogens is 1. The van der Waals surface area contributed by atoms with Crippen molar-refractivity contribution < 1.29 is 9.47 Å². The van der Waals surface area contributed by atoms with Crippen LogP contribution in [-0.4, -0.2) is 25.7 Å². The van der Waals surface area contributed by atoms with Gasteiger partial charge in [0.1, 0.15) is 0 Å². The summed E-state index contributed by atoms with van der Waals surface area (Å²) in [7, 11) is 3.29. The van der Waals surface area contributed by atoms with Gasteiger partial charge < -0.3 is 14.8 Å². The van der Waals surface area contributed by atoms with Gasteiger partial charge in [-0.15, -0.1) is 0 Å². The largest absolute Gasteiger partial charge is 0.493 e. The van der Waals surface area contributed by atoms with Gasteiger partial charge in [-0.05, 0) is 36.2 Å². The molecule has 0 bridgehead atoms. The van der Waals surface area contributed by atoms with E-state index in [9.17, 15) is 0 Å². The Bertz CT molecular complexity index is 847. The predicted octanol–water partition coefficient (Wildman–Crippen LogP) is 4.67. The summed E-state index contributed by atoms with van der Waals surface area (Å²) < 4.78 is 11.7. The number of hydrogen-bond acceptors (Lipinski definition) is 4. The first-order chi connectivity index (χ1) is 11.7. The van der Waals surface area contributed by atoms with E-state index in [0.717, 1.165) is 45.5 Å². The normalized spacial score (nSPS) is 10.6. The molecule has 5 heteroatoms. The number of hydrogen-bond donors (Lipinski definition) is 1. The van der Waals surface area contributed by atoms with Gasteiger partial charge in [0, 0.05) is 28.3 Å². The van der Waals surface area contributed by atoms with Crippen LogP contribution in [-0.2, 0) is 6.42 Å². The maximum atomic E-state index is 5.38. The van der Waals surface area contributed by atoms with Gasteiger partial charge in [0.2, 0.25) is 0 Å². The quantitative estimate of drug-likeness (QED) is 0.668. The standard InChI is InChI=1S/C19H19BrN2O2/c1-23-18-11-13(15(20)12-19(18)24-2)7-9-21-17-8-10-22-16-6-4-3-5-14(16)17/h3-6,8,10-12H,7,9H2,1-2H3,(H,21,22). The summed E-state index contributed by atoms with van der Waals surface area (Å²) in [6.07, 6.45) is 2.69. The first-order valence-corrected chi connectivity index (χ1v) is 8.50. The molecule has 0 aliphatic heterocycles. The molecular formula is C19H19BrN2O2. The van der Waals surface area contributed by atoms with E-state index in [0.29, 0.717) is 0 Å². The van der Waals surface area contributed by atoms with Crippen LogP contribution in [0.4, 0.5) is 5.69 Å². The first kappa shape index (κ1) is 16.6. The minimum Gasteiger partial charge on any atom is -0.493 e. The number of nitrogens with zero attached hydrogens (tertiary/aromatic N) is 1. The number of fused-ring (bicyclic) bond motifs is 1. The molecule has 0 aliphatic carbocycles. The Morgan fingerprint density at radius 1 is 1.04 bits per heavy atom. The fourth-order valence-corrected chi connectivity index (χ4v) is 3.19. The molecule has 4 nitrogen and oxygen atoms in total. The Balaban J connectivity index is 1.74. The molecule has 1 aromatic heterocycles. The first-order valence-electron chi connectivity index (χ1n) is 7.71. The Labute approximate surface area is 149 Å². The maximum Gasteiger partial charge on any atom is 0.161 e. The maximum absolute atomic E-state index is 5.38. The molecular weight excluding hydrogens is 368 g/mol. The molecule has 0 radical (unpaired) electrons. The van der Waals surface area contributed by atoms with Crippen LogP contribution in [0.1, 0.15) is 5.56 Å². The monoisotopic (exact) mass is 386 g/mol. The van der Waals surface area contributed by atoms with Crippen molar-refractivity contribution in [3.05, 3.63) is 58.7 Å². The van der Waals surface area contributed by atoms with Crippen LogP contribution in [0.25, 0.3) is 10.9 Å². The van der Waals surface area contributed by atoms with E-state index in [1.165, 1.54) is 5.56 Å². The van der Waals surface area contributed by atoms with Crippen molar-refractivity contribution in [2.75, 3.05) is 26.1 Å². The van der Waals surface area contributed by atoms with E-state index in [1.807, 2.05) is 42.6 Å². The third-order valence-electron chi connectivity index (χ3n) is 3.91. The molecule has 24 heavy (non-hydrogen) atoms. The summed E-state index contributed by atoms with van der Waals surface area (Å²) in [5.74, 6) is 1.46. The molecule has 0 fully saturated rings. The highest BCUT2D eigenvalue weighted by Crippen LogP contribution is 2.33. The van der Waals surface area contributed by atoms with Gasteiger partial charge in [-0.3, -0.25) is 4.98 Å². The van der Waals surface area contributed by atoms with Crippen molar-refractivity contribution in [3.8, 4) is 11.5 Å². The van der Waals surface area contributed by atoms with E-state index in [2.05, 4.69) is 32.3 Å². The summed E-state index contributed by atoms with van der Waals surface area (Å²) in [5, 5.41) is 4.63. The van der Waals surface area contributed by atoms with Crippen LogP contribution >= 0.6 is 15.9 Å². The summed E-state index contributed by atoms with van der Waals surface area (Å²) in [5.41, 5.74) is 3.26. The van der Waals surface area contributed by atoms with Crippen LogP contribution in [0.2, 0.25) is 0 Å². The van der Waals surface area contributed by atoms with Gasteiger partial charge in [0.25, 0.3) is 0 Å². The lowest BCUT2D eigenvalue weighted by molar-refractivity contribution is 0.354. The predicted molar refractivity (Wildman–Crippen MR) is 101 cm³/mol. The van der Waals surface area contributed by atoms with E-state index in [1.54, 1.807) is 14.2 Å². The number of anilines is 1. The average Bonchev–Trinajstić information content (AvgIpc) is 2.62. The zero-order valence-electron chi connectivity index (χ0n) is 13.7. The van der Waals surface area contributed by atoms with Crippen molar-refractivity contribution in [2.45, 2.75) is 6.42 Å². The Kier molecular flexibility index (Phi) is 5.20. The van der Waals surface area contributed by atoms with Crippen LogP contribution in [0, 0.1) is 0 Å². The molecule has 3 aromatic rings. The molecule has 124 valence electrons. The van der Waals surface area contributed by atoms with Gasteiger partial charge in [0.15, 0.2) is 11.5 Å². The Hall–Kier alpha value is -2.27. The minimum absolute atomic E-state index is 0.723. The van der Waals surface area contributed by atoms with E-state index < -0.39 is 0 Å². The Morgan fingerprint density at radius 2 is 1.79 bits per heavy atom. The van der Waals surface area contributed by atoms with Gasteiger partial charge in [-0.1, -0.05) is 34.1 Å². The van der Waals surface area contributed by atoms with Crippen molar-refractivity contribution in [1.82, 2.24) is 4.98 Å². The number of para-hydroxylation sites is 1. The fraction of sp³-hybridized carbons (Fsp3) is 0.211. The lowest BCUT2D eigenvalue weighted by Gasteiger charge is -2.13. The van der Waals surface area contributed by atoms with Crippen LogP contribution in [0.5, 0.6) is 11.5 Å². The van der Waals surface area contributed by atoms with Crippen LogP contribution in [0.15, 0.2) is 53.1 Å².